The summed E-state index contributed by atoms with van der Waals surface area (Å²) in [5.41, 5.74) is 4.56. The van der Waals surface area contributed by atoms with Crippen LogP contribution in [0.3, 0.4) is 0 Å². The number of hydrogen-bond donors (Lipinski definition) is 2. The van der Waals surface area contributed by atoms with Gasteiger partial charge in [0.15, 0.2) is 0 Å². The van der Waals surface area contributed by atoms with Gasteiger partial charge in [-0.25, -0.2) is 22.9 Å². The smallest absolute Gasteiger partial charge is 0.332 e. The van der Waals surface area contributed by atoms with Gasteiger partial charge < -0.3 is 15.0 Å². The fourth-order valence-corrected chi connectivity index (χ4v) is 4.83. The number of sulfonamides is 1. The number of pyridine rings is 1. The summed E-state index contributed by atoms with van der Waals surface area (Å²) < 4.78 is 31.0. The van der Waals surface area contributed by atoms with Crippen LogP contribution in [0, 0.1) is 5.92 Å². The number of benzene rings is 1. The maximum Gasteiger partial charge on any atom is 0.332 e. The molecule has 0 atom stereocenters. The van der Waals surface area contributed by atoms with Crippen LogP contribution in [0.4, 0.5) is 10.5 Å². The third-order valence-corrected chi connectivity index (χ3v) is 6.71. The van der Waals surface area contributed by atoms with Gasteiger partial charge in [0.05, 0.1) is 18.6 Å². The maximum atomic E-state index is 12.3. The molecule has 2 heterocycles. The monoisotopic (exact) mass is 458 g/mol. The first-order valence-corrected chi connectivity index (χ1v) is 12.9. The van der Waals surface area contributed by atoms with Crippen LogP contribution in [0.2, 0.25) is 0 Å². The molecule has 0 bridgehead atoms. The van der Waals surface area contributed by atoms with Gasteiger partial charge in [-0.2, -0.15) is 0 Å². The summed E-state index contributed by atoms with van der Waals surface area (Å²) in [7, 11) is -1.52. The van der Waals surface area contributed by atoms with E-state index in [2.05, 4.69) is 28.3 Å². The third-order valence-electron chi connectivity index (χ3n) is 6.15. The lowest BCUT2D eigenvalue weighted by Crippen LogP contribution is -2.33. The van der Waals surface area contributed by atoms with Gasteiger partial charge in [-0.05, 0) is 80.9 Å². The molecule has 4 rings (SSSR count). The molecule has 1 aliphatic carbocycles. The second-order valence-corrected chi connectivity index (χ2v) is 10.5. The van der Waals surface area contributed by atoms with Crippen LogP contribution in [-0.2, 0) is 22.9 Å². The van der Waals surface area contributed by atoms with E-state index in [4.69, 9.17) is 4.74 Å². The van der Waals surface area contributed by atoms with E-state index in [0.717, 1.165) is 68.1 Å². The number of rotatable bonds is 6. The van der Waals surface area contributed by atoms with Gasteiger partial charge in [0.1, 0.15) is 0 Å². The summed E-state index contributed by atoms with van der Waals surface area (Å²) >= 11 is 0. The molecule has 1 aliphatic heterocycles. The molecule has 2 amide bonds. The molecule has 1 aromatic heterocycles. The molecule has 2 aliphatic rings. The van der Waals surface area contributed by atoms with Gasteiger partial charge in [0.2, 0.25) is 15.9 Å². The Morgan fingerprint density at radius 2 is 2.00 bits per heavy atom. The van der Waals surface area contributed by atoms with E-state index in [1.807, 2.05) is 22.9 Å². The lowest BCUT2D eigenvalue weighted by molar-refractivity contribution is 0.157. The number of aryl methyl sites for hydroxylation is 1. The van der Waals surface area contributed by atoms with Crippen LogP contribution in [0.5, 0.6) is 5.88 Å². The van der Waals surface area contributed by atoms with E-state index in [0.29, 0.717) is 24.1 Å². The second kappa shape index (κ2) is 9.46. The van der Waals surface area contributed by atoms with Crippen molar-refractivity contribution >= 4 is 21.7 Å². The van der Waals surface area contributed by atoms with Gasteiger partial charge >= 0.3 is 6.03 Å². The Bertz CT molecular complexity index is 1100. The molecule has 0 radical (unpaired) electrons. The standard InChI is InChI=1S/C23H30N4O4S/c1-27-12-9-16(10-13-27)15-31-21-14-18(8-11-24-21)20-7-6-17-4-3-5-19(17)22(20)25-23(28)26-32(2,29)30/h6-8,11,14,16H,3-5,9-10,12-13,15H2,1-2H3,(H2,25,26,28). The van der Waals surface area contributed by atoms with Crippen molar-refractivity contribution in [1.82, 2.24) is 14.6 Å². The topological polar surface area (TPSA) is 101 Å². The predicted molar refractivity (Wildman–Crippen MR) is 124 cm³/mol. The van der Waals surface area contributed by atoms with Crippen molar-refractivity contribution in [3.63, 3.8) is 0 Å². The molecule has 0 unspecified atom stereocenters. The molecule has 1 saturated heterocycles. The van der Waals surface area contributed by atoms with Crippen molar-refractivity contribution in [2.24, 2.45) is 5.92 Å². The van der Waals surface area contributed by atoms with E-state index >= 15 is 0 Å². The summed E-state index contributed by atoms with van der Waals surface area (Å²) in [4.78, 5) is 19.0. The van der Waals surface area contributed by atoms with Crippen LogP contribution >= 0.6 is 0 Å². The largest absolute Gasteiger partial charge is 0.477 e. The van der Waals surface area contributed by atoms with Crippen LogP contribution in [0.1, 0.15) is 30.4 Å². The number of fused-ring (bicyclic) bond motifs is 1. The molecule has 0 saturated carbocycles. The van der Waals surface area contributed by atoms with Crippen LogP contribution in [-0.4, -0.2) is 57.3 Å². The van der Waals surface area contributed by atoms with Crippen molar-refractivity contribution in [3.05, 3.63) is 41.6 Å². The Hall–Kier alpha value is -2.65. The summed E-state index contributed by atoms with van der Waals surface area (Å²) in [6, 6.07) is 7.04. The third kappa shape index (κ3) is 5.58. The number of urea groups is 1. The average molecular weight is 459 g/mol. The number of hydrogen-bond acceptors (Lipinski definition) is 6. The first kappa shape index (κ1) is 22.5. The number of amides is 2. The van der Waals surface area contributed by atoms with Crippen molar-refractivity contribution < 1.29 is 17.9 Å². The highest BCUT2D eigenvalue weighted by Crippen LogP contribution is 2.38. The van der Waals surface area contributed by atoms with Crippen molar-refractivity contribution in [3.8, 4) is 17.0 Å². The Balaban J connectivity index is 1.56. The van der Waals surface area contributed by atoms with Gasteiger partial charge in [-0.1, -0.05) is 12.1 Å². The molecule has 0 spiro atoms. The SMILES string of the molecule is CN1CCC(COc2cc(-c3ccc4c(c3NC(=O)NS(C)(=O)=O)CCC4)ccn2)CC1. The van der Waals surface area contributed by atoms with E-state index in [1.165, 1.54) is 5.56 Å². The molecule has 172 valence electrons. The number of piperidine rings is 1. The number of likely N-dealkylation sites (tertiary alicyclic amines) is 1. The number of carbonyl (C=O) groups is 1. The van der Waals surface area contributed by atoms with Crippen molar-refractivity contribution in [2.45, 2.75) is 32.1 Å². The fraction of sp³-hybridized carbons (Fsp3) is 0.478. The van der Waals surface area contributed by atoms with Crippen LogP contribution in [0.15, 0.2) is 30.5 Å². The Kier molecular flexibility index (Phi) is 6.66. The molecule has 1 aromatic carbocycles. The molecular weight excluding hydrogens is 428 g/mol. The number of nitrogens with zero attached hydrogens (tertiary/aromatic N) is 2. The van der Waals surface area contributed by atoms with Crippen molar-refractivity contribution in [1.29, 1.82) is 0 Å². The van der Waals surface area contributed by atoms with Gasteiger partial charge in [-0.15, -0.1) is 0 Å². The van der Waals surface area contributed by atoms with E-state index in [9.17, 15) is 13.2 Å². The van der Waals surface area contributed by atoms with Gasteiger partial charge in [0.25, 0.3) is 0 Å². The normalized spacial score (nSPS) is 17.1. The number of carbonyl (C=O) groups excluding carboxylic acids is 1. The minimum absolute atomic E-state index is 0.522. The quantitative estimate of drug-likeness (QED) is 0.690. The lowest BCUT2D eigenvalue weighted by Gasteiger charge is -2.28. The second-order valence-electron chi connectivity index (χ2n) is 8.75. The molecular formula is C23H30N4O4S. The Morgan fingerprint density at radius 3 is 2.75 bits per heavy atom. The first-order valence-electron chi connectivity index (χ1n) is 11.0. The zero-order valence-corrected chi connectivity index (χ0v) is 19.4. The van der Waals surface area contributed by atoms with Gasteiger partial charge in [-0.3, -0.25) is 0 Å². The minimum atomic E-state index is -3.66. The lowest BCUT2D eigenvalue weighted by atomic mass is 9.97. The van der Waals surface area contributed by atoms with Crippen molar-refractivity contribution in [2.75, 3.05) is 38.3 Å². The molecule has 9 heteroatoms. The maximum absolute atomic E-state index is 12.3. The average Bonchev–Trinajstić information content (AvgIpc) is 3.22. The Morgan fingerprint density at radius 1 is 1.22 bits per heavy atom. The zero-order valence-electron chi connectivity index (χ0n) is 18.6. The number of aromatic nitrogens is 1. The predicted octanol–water partition coefficient (Wildman–Crippen LogP) is 3.04. The summed E-state index contributed by atoms with van der Waals surface area (Å²) in [6.07, 6.45) is 7.67. The highest BCUT2D eigenvalue weighted by Gasteiger charge is 2.22. The molecule has 1 fully saturated rings. The number of anilines is 1. The summed E-state index contributed by atoms with van der Waals surface area (Å²) in [5, 5.41) is 2.78. The van der Waals surface area contributed by atoms with Gasteiger partial charge in [0, 0.05) is 17.8 Å². The Labute approximate surface area is 189 Å². The molecule has 8 nitrogen and oxygen atoms in total. The van der Waals surface area contributed by atoms with E-state index in [-0.39, 0.29) is 0 Å². The fourth-order valence-electron chi connectivity index (χ4n) is 4.44. The van der Waals surface area contributed by atoms with Crippen LogP contribution < -0.4 is 14.8 Å². The summed E-state index contributed by atoms with van der Waals surface area (Å²) in [5.74, 6) is 1.07. The minimum Gasteiger partial charge on any atom is -0.477 e. The van der Waals surface area contributed by atoms with E-state index in [1.54, 1.807) is 6.20 Å². The number of ether oxygens (including phenoxy) is 1. The highest BCUT2D eigenvalue weighted by molar-refractivity contribution is 7.89. The highest BCUT2D eigenvalue weighted by atomic mass is 32.2. The molecule has 2 N–H and O–H groups in total. The summed E-state index contributed by atoms with van der Waals surface area (Å²) in [6.45, 7) is 2.80. The number of nitrogens with one attached hydrogen (secondary N) is 2. The first-order chi connectivity index (χ1) is 15.3. The van der Waals surface area contributed by atoms with E-state index < -0.39 is 16.1 Å². The zero-order chi connectivity index (χ0) is 22.7. The van der Waals surface area contributed by atoms with Crippen LogP contribution in [0.25, 0.3) is 11.1 Å². The molecule has 32 heavy (non-hydrogen) atoms. The molecule has 2 aromatic rings.